The minimum atomic E-state index is -4.10. The van der Waals surface area contributed by atoms with Gasteiger partial charge in [-0.05, 0) is 55.2 Å². The summed E-state index contributed by atoms with van der Waals surface area (Å²) < 4.78 is 36.2. The van der Waals surface area contributed by atoms with Gasteiger partial charge >= 0.3 is 6.18 Å². The second kappa shape index (κ2) is 6.80. The van der Waals surface area contributed by atoms with Crippen LogP contribution in [0.3, 0.4) is 0 Å². The molecule has 1 fully saturated rings. The molecule has 0 spiro atoms. The Morgan fingerprint density at radius 3 is 2.24 bits per heavy atom. The zero-order valence-corrected chi connectivity index (χ0v) is 11.7. The van der Waals surface area contributed by atoms with E-state index in [9.17, 15) is 13.2 Å². The van der Waals surface area contributed by atoms with Crippen LogP contribution in [0, 0.1) is 17.2 Å². The van der Waals surface area contributed by atoms with Crippen LogP contribution in [0.5, 0.6) is 0 Å². The Morgan fingerprint density at radius 1 is 1.10 bits per heavy atom. The van der Waals surface area contributed by atoms with E-state index in [1.54, 1.807) is 6.08 Å². The largest absolute Gasteiger partial charge is 0.392 e. The van der Waals surface area contributed by atoms with Gasteiger partial charge in [-0.25, -0.2) is 0 Å². The van der Waals surface area contributed by atoms with E-state index in [2.05, 4.69) is 6.07 Å². The van der Waals surface area contributed by atoms with Gasteiger partial charge in [-0.2, -0.15) is 18.4 Å². The van der Waals surface area contributed by atoms with Gasteiger partial charge in [0.05, 0.1) is 18.1 Å². The molecule has 1 aromatic rings. The highest BCUT2D eigenvalue weighted by atomic mass is 19.4. The summed E-state index contributed by atoms with van der Waals surface area (Å²) in [4.78, 5) is 0. The lowest BCUT2D eigenvalue weighted by molar-refractivity contribution is -0.125. The molecule has 0 N–H and O–H groups in total. The highest BCUT2D eigenvalue weighted by Gasteiger charge is 2.25. The molecule has 1 aromatic carbocycles. The van der Waals surface area contributed by atoms with E-state index in [0.29, 0.717) is 11.5 Å². The van der Waals surface area contributed by atoms with Crippen LogP contribution in [0.15, 0.2) is 36.4 Å². The fourth-order valence-electron chi connectivity index (χ4n) is 2.87. The second-order valence-corrected chi connectivity index (χ2v) is 5.59. The van der Waals surface area contributed by atoms with Crippen molar-refractivity contribution in [2.45, 2.75) is 44.2 Å². The third-order valence-electron chi connectivity index (χ3n) is 4.04. The van der Waals surface area contributed by atoms with Crippen molar-refractivity contribution in [2.75, 3.05) is 0 Å². The average Bonchev–Trinajstić information content (AvgIpc) is 2.47. The van der Waals surface area contributed by atoms with E-state index >= 15 is 0 Å². The van der Waals surface area contributed by atoms with Crippen molar-refractivity contribution in [1.29, 1.82) is 5.26 Å². The Bertz CT molecular complexity index is 514. The molecule has 4 heteroatoms. The molecule has 1 nitrogen and oxygen atoms in total. The summed E-state index contributed by atoms with van der Waals surface area (Å²) in [5, 5.41) is 8.78. The van der Waals surface area contributed by atoms with E-state index < -0.39 is 12.6 Å². The van der Waals surface area contributed by atoms with E-state index in [1.807, 2.05) is 24.3 Å². The average molecular weight is 293 g/mol. The van der Waals surface area contributed by atoms with Crippen molar-refractivity contribution in [2.24, 2.45) is 5.92 Å². The predicted octanol–water partition coefficient (Wildman–Crippen LogP) is 5.34. The van der Waals surface area contributed by atoms with Crippen LogP contribution in [0.1, 0.15) is 49.1 Å². The van der Waals surface area contributed by atoms with Crippen LogP contribution >= 0.6 is 0 Å². The van der Waals surface area contributed by atoms with Gasteiger partial charge in [0, 0.05) is 0 Å². The van der Waals surface area contributed by atoms with Gasteiger partial charge in [0.25, 0.3) is 0 Å². The SMILES string of the molecule is N#Cc1ccc([C@H]2CC[C@H](C=CCC(F)(F)F)CC2)cc1. The first-order valence-corrected chi connectivity index (χ1v) is 7.21. The van der Waals surface area contributed by atoms with E-state index in [4.69, 9.17) is 5.26 Å². The zero-order chi connectivity index (χ0) is 15.3. The van der Waals surface area contributed by atoms with Gasteiger partial charge < -0.3 is 0 Å². The van der Waals surface area contributed by atoms with E-state index in [1.165, 1.54) is 11.6 Å². The number of rotatable bonds is 3. The summed E-state index contributed by atoms with van der Waals surface area (Å²) in [5.41, 5.74) is 1.88. The summed E-state index contributed by atoms with van der Waals surface area (Å²) >= 11 is 0. The minimum absolute atomic E-state index is 0.266. The number of benzene rings is 1. The Kier molecular flexibility index (Phi) is 5.06. The lowest BCUT2D eigenvalue weighted by atomic mass is 9.78. The number of alkyl halides is 3. The molecule has 0 atom stereocenters. The first kappa shape index (κ1) is 15.6. The molecule has 0 heterocycles. The molecular weight excluding hydrogens is 275 g/mol. The third kappa shape index (κ3) is 4.93. The Balaban J connectivity index is 1.84. The zero-order valence-electron chi connectivity index (χ0n) is 11.7. The molecule has 0 radical (unpaired) electrons. The summed E-state index contributed by atoms with van der Waals surface area (Å²) in [6, 6.07) is 9.72. The molecular formula is C17H18F3N. The topological polar surface area (TPSA) is 23.8 Å². The molecule has 0 aromatic heterocycles. The Hall–Kier alpha value is -1.76. The molecule has 1 aliphatic rings. The molecule has 112 valence electrons. The molecule has 0 amide bonds. The summed E-state index contributed by atoms with van der Waals surface area (Å²) in [5.74, 6) is 0.729. The molecule has 0 saturated heterocycles. The maximum Gasteiger partial charge on any atom is 0.392 e. The van der Waals surface area contributed by atoms with Crippen LogP contribution in [-0.2, 0) is 0 Å². The number of nitrogens with zero attached hydrogens (tertiary/aromatic N) is 1. The number of hydrogen-bond donors (Lipinski definition) is 0. The highest BCUT2D eigenvalue weighted by Crippen LogP contribution is 2.36. The van der Waals surface area contributed by atoms with Gasteiger partial charge in [0.2, 0.25) is 0 Å². The van der Waals surface area contributed by atoms with Crippen molar-refractivity contribution in [3.63, 3.8) is 0 Å². The van der Waals surface area contributed by atoms with Gasteiger partial charge in [-0.15, -0.1) is 0 Å². The normalized spacial score (nSPS) is 23.1. The summed E-state index contributed by atoms with van der Waals surface area (Å²) in [7, 11) is 0. The first-order valence-electron chi connectivity index (χ1n) is 7.21. The van der Waals surface area contributed by atoms with Crippen LogP contribution < -0.4 is 0 Å². The summed E-state index contributed by atoms with van der Waals surface area (Å²) in [6.45, 7) is 0. The monoisotopic (exact) mass is 293 g/mol. The van der Waals surface area contributed by atoms with Crippen LogP contribution in [-0.4, -0.2) is 6.18 Å². The van der Waals surface area contributed by atoms with Gasteiger partial charge in [0.15, 0.2) is 0 Å². The second-order valence-electron chi connectivity index (χ2n) is 5.59. The Morgan fingerprint density at radius 2 is 1.71 bits per heavy atom. The number of nitriles is 1. The smallest absolute Gasteiger partial charge is 0.192 e. The molecule has 0 aliphatic heterocycles. The minimum Gasteiger partial charge on any atom is -0.192 e. The maximum absolute atomic E-state index is 12.1. The Labute approximate surface area is 123 Å². The van der Waals surface area contributed by atoms with Crippen LogP contribution in [0.25, 0.3) is 0 Å². The molecule has 21 heavy (non-hydrogen) atoms. The molecule has 1 aliphatic carbocycles. The van der Waals surface area contributed by atoms with Gasteiger partial charge in [0.1, 0.15) is 0 Å². The van der Waals surface area contributed by atoms with Crippen LogP contribution in [0.2, 0.25) is 0 Å². The van der Waals surface area contributed by atoms with Crippen molar-refractivity contribution >= 4 is 0 Å². The first-order chi connectivity index (χ1) is 9.98. The van der Waals surface area contributed by atoms with E-state index in [0.717, 1.165) is 25.7 Å². The van der Waals surface area contributed by atoms with Gasteiger partial charge in [-0.1, -0.05) is 24.3 Å². The van der Waals surface area contributed by atoms with Gasteiger partial charge in [-0.3, -0.25) is 0 Å². The highest BCUT2D eigenvalue weighted by molar-refractivity contribution is 5.33. The number of allylic oxidation sites excluding steroid dienone is 2. The molecule has 0 bridgehead atoms. The summed E-state index contributed by atoms with van der Waals surface area (Å²) in [6.07, 6.45) is 1.89. The van der Waals surface area contributed by atoms with Crippen molar-refractivity contribution < 1.29 is 13.2 Å². The van der Waals surface area contributed by atoms with E-state index in [-0.39, 0.29) is 5.92 Å². The quantitative estimate of drug-likeness (QED) is 0.690. The molecule has 1 saturated carbocycles. The van der Waals surface area contributed by atoms with Crippen LogP contribution in [0.4, 0.5) is 13.2 Å². The lowest BCUT2D eigenvalue weighted by Gasteiger charge is -2.27. The van der Waals surface area contributed by atoms with Crippen molar-refractivity contribution in [1.82, 2.24) is 0 Å². The fourth-order valence-corrected chi connectivity index (χ4v) is 2.87. The lowest BCUT2D eigenvalue weighted by Crippen LogP contribution is -2.12. The third-order valence-corrected chi connectivity index (χ3v) is 4.04. The van der Waals surface area contributed by atoms with Crippen molar-refractivity contribution in [3.05, 3.63) is 47.5 Å². The predicted molar refractivity (Wildman–Crippen MR) is 75.7 cm³/mol. The maximum atomic E-state index is 12.1. The molecule has 2 rings (SSSR count). The fraction of sp³-hybridized carbons (Fsp3) is 0.471. The van der Waals surface area contributed by atoms with Crippen molar-refractivity contribution in [3.8, 4) is 6.07 Å². The number of hydrogen-bond acceptors (Lipinski definition) is 1. The molecule has 0 unspecified atom stereocenters. The standard InChI is InChI=1S/C17H18F3N/c18-17(19,20)11-1-2-13-3-7-15(8-4-13)16-9-5-14(12-21)6-10-16/h1-2,5-6,9-10,13,15H,3-4,7-8,11H2/t13-,15-. The number of halogens is 3.